The second kappa shape index (κ2) is 9.60. The number of carbonyl (C=O) groups excluding carboxylic acids is 1. The van der Waals surface area contributed by atoms with Crippen LogP contribution in [0.25, 0.3) is 11.1 Å². The molecule has 2 aromatic rings. The predicted molar refractivity (Wildman–Crippen MR) is 108 cm³/mol. The van der Waals surface area contributed by atoms with Gasteiger partial charge in [-0.3, -0.25) is 4.79 Å². The summed E-state index contributed by atoms with van der Waals surface area (Å²) in [5.41, 5.74) is 3.38. The predicted octanol–water partition coefficient (Wildman–Crippen LogP) is 3.79. The Morgan fingerprint density at radius 3 is 2.65 bits per heavy atom. The van der Waals surface area contributed by atoms with E-state index in [0.29, 0.717) is 12.6 Å². The lowest BCUT2D eigenvalue weighted by Gasteiger charge is -2.27. The molecule has 1 aliphatic heterocycles. The summed E-state index contributed by atoms with van der Waals surface area (Å²) >= 11 is 0. The summed E-state index contributed by atoms with van der Waals surface area (Å²) < 4.78 is 5.28. The average Bonchev–Trinajstić information content (AvgIpc) is 2.66. The average molecular weight is 375 g/mol. The minimum atomic E-state index is 0. The molecule has 140 valence electrons. The summed E-state index contributed by atoms with van der Waals surface area (Å²) in [5, 5.41) is 6.46. The van der Waals surface area contributed by atoms with Gasteiger partial charge in [-0.25, -0.2) is 0 Å². The monoisotopic (exact) mass is 374 g/mol. The summed E-state index contributed by atoms with van der Waals surface area (Å²) in [4.78, 5) is 12.3. The molecule has 0 spiro atoms. The fourth-order valence-corrected chi connectivity index (χ4v) is 3.32. The highest BCUT2D eigenvalue weighted by Gasteiger charge is 2.24. The van der Waals surface area contributed by atoms with Crippen LogP contribution in [0, 0.1) is 5.92 Å². The molecule has 1 amide bonds. The summed E-state index contributed by atoms with van der Waals surface area (Å²) in [7, 11) is 1.67. The Morgan fingerprint density at radius 1 is 1.19 bits per heavy atom. The van der Waals surface area contributed by atoms with Crippen LogP contribution in [-0.4, -0.2) is 25.6 Å². The molecule has 4 nitrogen and oxygen atoms in total. The van der Waals surface area contributed by atoms with Crippen LogP contribution < -0.4 is 15.4 Å². The van der Waals surface area contributed by atoms with Crippen LogP contribution in [0.5, 0.6) is 5.75 Å². The van der Waals surface area contributed by atoms with Crippen molar-refractivity contribution in [2.75, 3.05) is 13.7 Å². The quantitative estimate of drug-likeness (QED) is 0.837. The molecule has 0 bridgehead atoms. The van der Waals surface area contributed by atoms with Crippen molar-refractivity contribution in [2.45, 2.75) is 32.4 Å². The van der Waals surface area contributed by atoms with Crippen LogP contribution in [0.2, 0.25) is 0 Å². The molecule has 1 fully saturated rings. The van der Waals surface area contributed by atoms with Crippen molar-refractivity contribution in [1.29, 1.82) is 0 Å². The van der Waals surface area contributed by atoms with Gasteiger partial charge in [0.05, 0.1) is 7.11 Å². The lowest BCUT2D eigenvalue weighted by molar-refractivity contribution is -0.126. The number of nitrogens with one attached hydrogen (secondary N) is 2. The van der Waals surface area contributed by atoms with Gasteiger partial charge in [-0.05, 0) is 55.1 Å². The molecule has 1 aliphatic rings. The van der Waals surface area contributed by atoms with Gasteiger partial charge in [-0.1, -0.05) is 36.4 Å². The third-order valence-electron chi connectivity index (χ3n) is 4.82. The molecule has 1 heterocycles. The lowest BCUT2D eigenvalue weighted by atomic mass is 9.92. The Labute approximate surface area is 161 Å². The summed E-state index contributed by atoms with van der Waals surface area (Å²) in [6, 6.07) is 16.8. The first kappa shape index (κ1) is 20.3. The number of piperidine rings is 1. The van der Waals surface area contributed by atoms with Crippen molar-refractivity contribution in [3.05, 3.63) is 54.1 Å². The standard InChI is InChI=1S/C21H26N2O2.ClH/c1-15-12-19(10-11-22-15)21(24)23-14-16-6-8-17(9-7-16)18-4-3-5-20(13-18)25-2;/h3-9,13,15,19,22H,10-12,14H2,1-2H3,(H,23,24);1H/t15-,19-;/m0./s1. The zero-order valence-electron chi connectivity index (χ0n) is 15.3. The topological polar surface area (TPSA) is 50.4 Å². The van der Waals surface area contributed by atoms with Crippen molar-refractivity contribution < 1.29 is 9.53 Å². The van der Waals surface area contributed by atoms with Gasteiger partial charge < -0.3 is 15.4 Å². The number of amides is 1. The van der Waals surface area contributed by atoms with Crippen LogP contribution in [0.3, 0.4) is 0 Å². The Hall–Kier alpha value is -2.04. The molecule has 0 aliphatic carbocycles. The Balaban J connectivity index is 0.00000243. The normalized spacial score (nSPS) is 19.3. The fraction of sp³-hybridized carbons (Fsp3) is 0.381. The number of benzene rings is 2. The van der Waals surface area contributed by atoms with Gasteiger partial charge >= 0.3 is 0 Å². The first-order valence-corrected chi connectivity index (χ1v) is 8.90. The molecule has 0 radical (unpaired) electrons. The van der Waals surface area contributed by atoms with E-state index in [0.717, 1.165) is 41.8 Å². The maximum atomic E-state index is 12.3. The molecular weight excluding hydrogens is 348 g/mol. The summed E-state index contributed by atoms with van der Waals surface area (Å²) in [5.74, 6) is 1.16. The number of methoxy groups -OCH3 is 1. The van der Waals surface area contributed by atoms with Crippen LogP contribution in [0.4, 0.5) is 0 Å². The molecule has 2 aromatic carbocycles. The minimum absolute atomic E-state index is 0. The molecule has 2 atom stereocenters. The number of hydrogen-bond acceptors (Lipinski definition) is 3. The fourth-order valence-electron chi connectivity index (χ4n) is 3.32. The van der Waals surface area contributed by atoms with E-state index in [1.165, 1.54) is 0 Å². The number of rotatable bonds is 5. The maximum Gasteiger partial charge on any atom is 0.223 e. The zero-order valence-corrected chi connectivity index (χ0v) is 16.1. The number of carbonyl (C=O) groups is 1. The van der Waals surface area contributed by atoms with E-state index < -0.39 is 0 Å². The van der Waals surface area contributed by atoms with E-state index in [4.69, 9.17) is 4.74 Å². The van der Waals surface area contributed by atoms with Crippen LogP contribution in [-0.2, 0) is 11.3 Å². The van der Waals surface area contributed by atoms with Crippen LogP contribution in [0.1, 0.15) is 25.3 Å². The van der Waals surface area contributed by atoms with E-state index in [9.17, 15) is 4.79 Å². The SMILES string of the molecule is COc1cccc(-c2ccc(CNC(=O)[C@H]3CCN[C@@H](C)C3)cc2)c1.Cl. The summed E-state index contributed by atoms with van der Waals surface area (Å²) in [6.45, 7) is 3.64. The molecule has 5 heteroatoms. The number of halogens is 1. The first-order valence-electron chi connectivity index (χ1n) is 8.90. The second-order valence-corrected chi connectivity index (χ2v) is 6.72. The van der Waals surface area contributed by atoms with Crippen molar-refractivity contribution in [3.8, 4) is 16.9 Å². The highest BCUT2D eigenvalue weighted by atomic mass is 35.5. The van der Waals surface area contributed by atoms with E-state index in [1.807, 2.05) is 18.2 Å². The second-order valence-electron chi connectivity index (χ2n) is 6.72. The van der Waals surface area contributed by atoms with Gasteiger partial charge in [-0.2, -0.15) is 0 Å². The molecule has 3 rings (SSSR count). The number of ether oxygens (including phenoxy) is 1. The Morgan fingerprint density at radius 2 is 1.96 bits per heavy atom. The van der Waals surface area contributed by atoms with Gasteiger partial charge in [0.25, 0.3) is 0 Å². The Kier molecular flexibility index (Phi) is 7.49. The smallest absolute Gasteiger partial charge is 0.223 e. The molecular formula is C21H27ClN2O2. The van der Waals surface area contributed by atoms with Gasteiger partial charge in [0.2, 0.25) is 5.91 Å². The first-order chi connectivity index (χ1) is 12.2. The molecule has 1 saturated heterocycles. The van der Waals surface area contributed by atoms with Gasteiger partial charge in [-0.15, -0.1) is 12.4 Å². The molecule has 0 saturated carbocycles. The zero-order chi connectivity index (χ0) is 17.6. The van der Waals surface area contributed by atoms with E-state index in [-0.39, 0.29) is 24.2 Å². The van der Waals surface area contributed by atoms with Crippen molar-refractivity contribution in [3.63, 3.8) is 0 Å². The van der Waals surface area contributed by atoms with Gasteiger partial charge in [0.1, 0.15) is 5.75 Å². The van der Waals surface area contributed by atoms with E-state index in [2.05, 4.69) is 47.9 Å². The molecule has 0 aromatic heterocycles. The molecule has 26 heavy (non-hydrogen) atoms. The molecule has 0 unspecified atom stereocenters. The van der Waals surface area contributed by atoms with Crippen molar-refractivity contribution >= 4 is 18.3 Å². The van der Waals surface area contributed by atoms with E-state index >= 15 is 0 Å². The Bertz CT molecular complexity index is 718. The highest BCUT2D eigenvalue weighted by Crippen LogP contribution is 2.24. The molecule has 2 N–H and O–H groups in total. The van der Waals surface area contributed by atoms with Crippen LogP contribution >= 0.6 is 12.4 Å². The summed E-state index contributed by atoms with van der Waals surface area (Å²) in [6.07, 6.45) is 1.84. The highest BCUT2D eigenvalue weighted by molar-refractivity contribution is 5.85. The third-order valence-corrected chi connectivity index (χ3v) is 4.82. The van der Waals surface area contributed by atoms with Gasteiger partial charge in [0.15, 0.2) is 0 Å². The third kappa shape index (κ3) is 5.23. The van der Waals surface area contributed by atoms with Gasteiger partial charge in [0, 0.05) is 18.5 Å². The van der Waals surface area contributed by atoms with E-state index in [1.54, 1.807) is 7.11 Å². The number of hydrogen-bond donors (Lipinski definition) is 2. The van der Waals surface area contributed by atoms with Crippen molar-refractivity contribution in [2.24, 2.45) is 5.92 Å². The van der Waals surface area contributed by atoms with Crippen LogP contribution in [0.15, 0.2) is 48.5 Å². The minimum Gasteiger partial charge on any atom is -0.497 e. The lowest BCUT2D eigenvalue weighted by Crippen LogP contribution is -2.42. The maximum absolute atomic E-state index is 12.3. The largest absolute Gasteiger partial charge is 0.497 e. The van der Waals surface area contributed by atoms with Crippen molar-refractivity contribution in [1.82, 2.24) is 10.6 Å².